The van der Waals surface area contributed by atoms with Crippen molar-refractivity contribution in [2.45, 2.75) is 6.92 Å². The summed E-state index contributed by atoms with van der Waals surface area (Å²) in [6.07, 6.45) is 0. The van der Waals surface area contributed by atoms with E-state index >= 15 is 0 Å². The molecule has 0 fully saturated rings. The molecular formula is C12H18BrN3O2. The summed E-state index contributed by atoms with van der Waals surface area (Å²) in [4.78, 5) is 13.1. The number of benzene rings is 1. The fraction of sp³-hybridized carbons (Fsp3) is 0.417. The molecule has 0 saturated carbocycles. The number of aromatic carboxylic acids is 1. The van der Waals surface area contributed by atoms with E-state index in [1.54, 1.807) is 12.1 Å². The average Bonchev–Trinajstić information content (AvgIpc) is 2.31. The Morgan fingerprint density at radius 1 is 1.56 bits per heavy atom. The first-order valence-electron chi connectivity index (χ1n) is 5.70. The normalized spacial score (nSPS) is 10.7. The summed E-state index contributed by atoms with van der Waals surface area (Å²) in [5, 5.41) is 12.2. The third-order valence-corrected chi connectivity index (χ3v) is 3.37. The van der Waals surface area contributed by atoms with Gasteiger partial charge < -0.3 is 21.1 Å². The van der Waals surface area contributed by atoms with Gasteiger partial charge >= 0.3 is 5.97 Å². The van der Waals surface area contributed by atoms with Crippen molar-refractivity contribution in [2.24, 2.45) is 0 Å². The van der Waals surface area contributed by atoms with Crippen molar-refractivity contribution in [3.63, 3.8) is 0 Å². The Labute approximate surface area is 115 Å². The number of carboxylic acid groups (broad SMARTS) is 1. The number of hydrogen-bond donors (Lipinski definition) is 3. The van der Waals surface area contributed by atoms with Gasteiger partial charge in [-0.15, -0.1) is 0 Å². The Kier molecular flexibility index (Phi) is 5.43. The second kappa shape index (κ2) is 6.61. The van der Waals surface area contributed by atoms with Crippen LogP contribution in [-0.2, 0) is 0 Å². The molecule has 1 aromatic rings. The maximum absolute atomic E-state index is 11.0. The summed E-state index contributed by atoms with van der Waals surface area (Å²) >= 11 is 3.37. The molecule has 0 atom stereocenters. The molecule has 0 aromatic heterocycles. The van der Waals surface area contributed by atoms with Gasteiger partial charge in [0.25, 0.3) is 0 Å². The van der Waals surface area contributed by atoms with Crippen LogP contribution in [0.5, 0.6) is 0 Å². The van der Waals surface area contributed by atoms with Crippen LogP contribution in [0.1, 0.15) is 17.3 Å². The van der Waals surface area contributed by atoms with E-state index in [4.69, 9.17) is 10.8 Å². The van der Waals surface area contributed by atoms with Gasteiger partial charge in [-0.3, -0.25) is 0 Å². The highest BCUT2D eigenvalue weighted by molar-refractivity contribution is 9.10. The second-order valence-corrected chi connectivity index (χ2v) is 4.90. The Hall–Kier alpha value is -1.27. The third kappa shape index (κ3) is 3.89. The van der Waals surface area contributed by atoms with Crippen LogP contribution in [0.25, 0.3) is 0 Å². The fourth-order valence-electron chi connectivity index (χ4n) is 1.45. The number of nitrogens with two attached hydrogens (primary N) is 1. The van der Waals surface area contributed by atoms with Crippen LogP contribution in [0.4, 0.5) is 11.4 Å². The van der Waals surface area contributed by atoms with Gasteiger partial charge in [-0.25, -0.2) is 4.79 Å². The molecule has 1 rings (SSSR count). The monoisotopic (exact) mass is 315 g/mol. The van der Waals surface area contributed by atoms with E-state index in [9.17, 15) is 4.79 Å². The molecule has 6 heteroatoms. The molecule has 0 radical (unpaired) electrons. The zero-order chi connectivity index (χ0) is 13.7. The quantitative estimate of drug-likeness (QED) is 0.701. The molecule has 100 valence electrons. The van der Waals surface area contributed by atoms with E-state index in [1.165, 1.54) is 0 Å². The SMILES string of the molecule is CCN(C)CCNc1cc(C(=O)O)c(N)cc1Br. The summed E-state index contributed by atoms with van der Waals surface area (Å²) in [5.74, 6) is -1.02. The molecule has 5 nitrogen and oxygen atoms in total. The first kappa shape index (κ1) is 14.8. The lowest BCUT2D eigenvalue weighted by Crippen LogP contribution is -2.24. The number of nitrogen functional groups attached to an aromatic ring is 1. The maximum Gasteiger partial charge on any atom is 0.337 e. The van der Waals surface area contributed by atoms with Gasteiger partial charge in [0, 0.05) is 28.9 Å². The van der Waals surface area contributed by atoms with Gasteiger partial charge in [-0.2, -0.15) is 0 Å². The van der Waals surface area contributed by atoms with Crippen molar-refractivity contribution in [2.75, 3.05) is 37.7 Å². The van der Waals surface area contributed by atoms with Crippen molar-refractivity contribution in [1.82, 2.24) is 4.90 Å². The van der Waals surface area contributed by atoms with Crippen molar-refractivity contribution in [3.8, 4) is 0 Å². The first-order valence-corrected chi connectivity index (χ1v) is 6.49. The van der Waals surface area contributed by atoms with Crippen LogP contribution >= 0.6 is 15.9 Å². The number of hydrogen-bond acceptors (Lipinski definition) is 4. The number of halogens is 1. The average molecular weight is 316 g/mol. The number of likely N-dealkylation sites (N-methyl/N-ethyl adjacent to an activating group) is 1. The van der Waals surface area contributed by atoms with Crippen LogP contribution in [-0.4, -0.2) is 42.7 Å². The molecule has 0 amide bonds. The van der Waals surface area contributed by atoms with Gasteiger partial charge in [0.05, 0.1) is 5.56 Å². The van der Waals surface area contributed by atoms with Crippen molar-refractivity contribution in [3.05, 3.63) is 22.2 Å². The van der Waals surface area contributed by atoms with Crippen LogP contribution < -0.4 is 11.1 Å². The molecule has 0 bridgehead atoms. The van der Waals surface area contributed by atoms with Crippen molar-refractivity contribution < 1.29 is 9.90 Å². The summed E-state index contributed by atoms with van der Waals surface area (Å²) in [6, 6.07) is 3.16. The minimum Gasteiger partial charge on any atom is -0.478 e. The molecule has 1 aromatic carbocycles. The van der Waals surface area contributed by atoms with Crippen molar-refractivity contribution in [1.29, 1.82) is 0 Å². The molecule has 0 aliphatic rings. The molecule has 0 aliphatic heterocycles. The lowest BCUT2D eigenvalue weighted by atomic mass is 10.1. The molecule has 0 heterocycles. The zero-order valence-corrected chi connectivity index (χ0v) is 12.1. The van der Waals surface area contributed by atoms with E-state index in [0.717, 1.165) is 29.8 Å². The molecule has 0 spiro atoms. The first-order chi connectivity index (χ1) is 8.45. The topological polar surface area (TPSA) is 78.6 Å². The Bertz CT molecular complexity index is 438. The van der Waals surface area contributed by atoms with Crippen LogP contribution in [0.2, 0.25) is 0 Å². The van der Waals surface area contributed by atoms with E-state index in [2.05, 4.69) is 33.1 Å². The third-order valence-electron chi connectivity index (χ3n) is 2.72. The fourth-order valence-corrected chi connectivity index (χ4v) is 1.95. The number of nitrogens with one attached hydrogen (secondary N) is 1. The molecule has 0 unspecified atom stereocenters. The number of anilines is 2. The largest absolute Gasteiger partial charge is 0.478 e. The van der Waals surface area contributed by atoms with Gasteiger partial charge in [-0.1, -0.05) is 6.92 Å². The Morgan fingerprint density at radius 3 is 2.78 bits per heavy atom. The maximum atomic E-state index is 11.0. The predicted octanol–water partition coefficient (Wildman–Crippen LogP) is 2.09. The van der Waals surface area contributed by atoms with Crippen molar-refractivity contribution >= 4 is 33.3 Å². The Balaban J connectivity index is 2.76. The molecule has 18 heavy (non-hydrogen) atoms. The smallest absolute Gasteiger partial charge is 0.337 e. The molecule has 0 aliphatic carbocycles. The lowest BCUT2D eigenvalue weighted by molar-refractivity contribution is 0.0698. The van der Waals surface area contributed by atoms with E-state index in [-0.39, 0.29) is 11.3 Å². The summed E-state index contributed by atoms with van der Waals surface area (Å²) in [7, 11) is 2.03. The standard InChI is InChI=1S/C12H18BrN3O2/c1-3-16(2)5-4-15-11-6-8(12(17)18)10(14)7-9(11)13/h6-7,15H,3-5,14H2,1-2H3,(H,17,18). The highest BCUT2D eigenvalue weighted by atomic mass is 79.9. The van der Waals surface area contributed by atoms with Crippen LogP contribution in [0.3, 0.4) is 0 Å². The highest BCUT2D eigenvalue weighted by Crippen LogP contribution is 2.28. The van der Waals surface area contributed by atoms with Gasteiger partial charge in [0.2, 0.25) is 0 Å². The van der Waals surface area contributed by atoms with Gasteiger partial charge in [0.15, 0.2) is 0 Å². The van der Waals surface area contributed by atoms with E-state index < -0.39 is 5.97 Å². The number of carbonyl (C=O) groups is 1. The van der Waals surface area contributed by atoms with E-state index in [0.29, 0.717) is 0 Å². The van der Waals surface area contributed by atoms with Crippen LogP contribution in [0.15, 0.2) is 16.6 Å². The summed E-state index contributed by atoms with van der Waals surface area (Å²) in [5.41, 5.74) is 6.76. The number of nitrogens with zero attached hydrogens (tertiary/aromatic N) is 1. The summed E-state index contributed by atoms with van der Waals surface area (Å²) < 4.78 is 0.768. The molecular weight excluding hydrogens is 298 g/mol. The lowest BCUT2D eigenvalue weighted by Gasteiger charge is -2.16. The second-order valence-electron chi connectivity index (χ2n) is 4.05. The Morgan fingerprint density at radius 2 is 2.22 bits per heavy atom. The van der Waals surface area contributed by atoms with Gasteiger partial charge in [-0.05, 0) is 41.7 Å². The minimum absolute atomic E-state index is 0.115. The predicted molar refractivity (Wildman–Crippen MR) is 77.2 cm³/mol. The van der Waals surface area contributed by atoms with E-state index in [1.807, 2.05) is 7.05 Å². The molecule has 0 saturated heterocycles. The zero-order valence-electron chi connectivity index (χ0n) is 10.5. The molecule has 4 N–H and O–H groups in total. The van der Waals surface area contributed by atoms with Gasteiger partial charge in [0.1, 0.15) is 0 Å². The minimum atomic E-state index is -1.02. The summed E-state index contributed by atoms with van der Waals surface area (Å²) in [6.45, 7) is 4.69. The highest BCUT2D eigenvalue weighted by Gasteiger charge is 2.11. The van der Waals surface area contributed by atoms with Crippen LogP contribution in [0, 0.1) is 0 Å². The number of carboxylic acids is 1. The number of rotatable bonds is 6.